The van der Waals surface area contributed by atoms with Crippen LogP contribution in [0.5, 0.6) is 5.75 Å². The lowest BCUT2D eigenvalue weighted by Crippen LogP contribution is -2.26. The summed E-state index contributed by atoms with van der Waals surface area (Å²) >= 11 is 1.36. The van der Waals surface area contributed by atoms with Gasteiger partial charge in [0.25, 0.3) is 0 Å². The molecule has 0 spiro atoms. The molecule has 2 rings (SSSR count). The van der Waals surface area contributed by atoms with Crippen LogP contribution in [0.2, 0.25) is 0 Å². The standard InChI is InChI=1S/C11H13N3O2S/c1-16-8-4-2-7(3-5-8)6-9-10(15)13-11(14-12)17-9/h2-5,9H,6,12H2,1H3,(H,13,14,15)/t9-/m1/s1. The lowest BCUT2D eigenvalue weighted by atomic mass is 10.1. The molecule has 1 saturated heterocycles. The third-order valence-corrected chi connectivity index (χ3v) is 3.57. The Bertz CT molecular complexity index is 445. The van der Waals surface area contributed by atoms with Crippen LogP contribution in [0.3, 0.4) is 0 Å². The molecule has 0 unspecified atom stereocenters. The fourth-order valence-corrected chi connectivity index (χ4v) is 2.51. The molecule has 1 fully saturated rings. The van der Waals surface area contributed by atoms with Crippen LogP contribution >= 0.6 is 11.8 Å². The highest BCUT2D eigenvalue weighted by Crippen LogP contribution is 2.23. The summed E-state index contributed by atoms with van der Waals surface area (Å²) in [6.45, 7) is 0. The van der Waals surface area contributed by atoms with Gasteiger partial charge in [-0.1, -0.05) is 23.9 Å². The van der Waals surface area contributed by atoms with E-state index in [4.69, 9.17) is 10.6 Å². The van der Waals surface area contributed by atoms with Crippen molar-refractivity contribution in [2.24, 2.45) is 10.9 Å². The molecule has 5 nitrogen and oxygen atoms in total. The number of hydrogen-bond acceptors (Lipinski definition) is 5. The van der Waals surface area contributed by atoms with E-state index in [-0.39, 0.29) is 11.2 Å². The minimum absolute atomic E-state index is 0.0463. The largest absolute Gasteiger partial charge is 0.497 e. The van der Waals surface area contributed by atoms with Crippen molar-refractivity contribution in [1.29, 1.82) is 0 Å². The highest BCUT2D eigenvalue weighted by molar-refractivity contribution is 8.15. The van der Waals surface area contributed by atoms with Crippen molar-refractivity contribution in [1.82, 2.24) is 5.32 Å². The number of carbonyl (C=O) groups is 1. The Hall–Kier alpha value is -1.69. The van der Waals surface area contributed by atoms with Crippen molar-refractivity contribution in [3.05, 3.63) is 29.8 Å². The van der Waals surface area contributed by atoms with Crippen molar-refractivity contribution in [3.63, 3.8) is 0 Å². The monoisotopic (exact) mass is 251 g/mol. The second-order valence-corrected chi connectivity index (χ2v) is 4.77. The van der Waals surface area contributed by atoms with Gasteiger partial charge in [0.1, 0.15) is 5.75 Å². The van der Waals surface area contributed by atoms with Crippen molar-refractivity contribution in [3.8, 4) is 5.75 Å². The Morgan fingerprint density at radius 1 is 1.47 bits per heavy atom. The molecule has 1 heterocycles. The second kappa shape index (κ2) is 5.09. The molecule has 1 amide bonds. The Morgan fingerprint density at radius 3 is 2.71 bits per heavy atom. The topological polar surface area (TPSA) is 76.7 Å². The van der Waals surface area contributed by atoms with Crippen LogP contribution in [-0.4, -0.2) is 23.4 Å². The van der Waals surface area contributed by atoms with Crippen molar-refractivity contribution in [2.75, 3.05) is 7.11 Å². The Morgan fingerprint density at radius 2 is 2.18 bits per heavy atom. The predicted molar refractivity (Wildman–Crippen MR) is 67.8 cm³/mol. The maximum absolute atomic E-state index is 11.6. The molecular formula is C11H13N3O2S. The van der Waals surface area contributed by atoms with Gasteiger partial charge < -0.3 is 15.9 Å². The van der Waals surface area contributed by atoms with Gasteiger partial charge in [0.15, 0.2) is 5.17 Å². The van der Waals surface area contributed by atoms with Gasteiger partial charge in [-0.2, -0.15) is 5.10 Å². The molecule has 3 N–H and O–H groups in total. The Labute approximate surface area is 103 Å². The van der Waals surface area contributed by atoms with Gasteiger partial charge in [-0.15, -0.1) is 0 Å². The number of amides is 1. The minimum Gasteiger partial charge on any atom is -0.497 e. The first-order valence-corrected chi connectivity index (χ1v) is 5.99. The fourth-order valence-electron chi connectivity index (χ4n) is 1.58. The average molecular weight is 251 g/mol. The van der Waals surface area contributed by atoms with E-state index in [1.807, 2.05) is 24.3 Å². The van der Waals surface area contributed by atoms with Crippen molar-refractivity contribution < 1.29 is 9.53 Å². The van der Waals surface area contributed by atoms with Crippen LogP contribution in [-0.2, 0) is 11.2 Å². The molecule has 90 valence electrons. The summed E-state index contributed by atoms with van der Waals surface area (Å²) in [6, 6.07) is 7.66. The number of amidine groups is 1. The fraction of sp³-hybridized carbons (Fsp3) is 0.273. The molecule has 0 bridgehead atoms. The maximum Gasteiger partial charge on any atom is 0.239 e. The summed E-state index contributed by atoms with van der Waals surface area (Å²) in [5.74, 6) is 5.89. The average Bonchev–Trinajstić information content (AvgIpc) is 2.71. The number of carbonyl (C=O) groups excluding carboxylic acids is 1. The van der Waals surface area contributed by atoms with E-state index in [1.165, 1.54) is 11.8 Å². The minimum atomic E-state index is -0.161. The molecule has 1 aliphatic heterocycles. The van der Waals surface area contributed by atoms with Crippen LogP contribution in [0.25, 0.3) is 0 Å². The zero-order valence-corrected chi connectivity index (χ0v) is 10.2. The molecule has 1 aromatic rings. The van der Waals surface area contributed by atoms with Gasteiger partial charge in [0.2, 0.25) is 5.91 Å². The summed E-state index contributed by atoms with van der Waals surface area (Å²) in [5, 5.41) is 6.42. The molecule has 0 aromatic heterocycles. The molecule has 0 aliphatic carbocycles. The third-order valence-electron chi connectivity index (χ3n) is 2.47. The van der Waals surface area contributed by atoms with Crippen molar-refractivity contribution >= 4 is 22.8 Å². The number of nitrogens with two attached hydrogens (primary N) is 1. The summed E-state index contributed by atoms with van der Waals surface area (Å²) in [7, 11) is 1.62. The predicted octanol–water partition coefficient (Wildman–Crippen LogP) is 0.699. The second-order valence-electron chi connectivity index (χ2n) is 3.58. The van der Waals surface area contributed by atoms with Gasteiger partial charge in [-0.05, 0) is 24.1 Å². The van der Waals surface area contributed by atoms with Gasteiger partial charge in [0.05, 0.1) is 12.4 Å². The number of benzene rings is 1. The number of rotatable bonds is 3. The lowest BCUT2D eigenvalue weighted by Gasteiger charge is -2.06. The van der Waals surface area contributed by atoms with E-state index in [0.29, 0.717) is 11.6 Å². The number of thioether (sulfide) groups is 1. The quantitative estimate of drug-likeness (QED) is 0.612. The van der Waals surface area contributed by atoms with E-state index >= 15 is 0 Å². The number of nitrogens with one attached hydrogen (secondary N) is 1. The van der Waals surface area contributed by atoms with Crippen molar-refractivity contribution in [2.45, 2.75) is 11.7 Å². The van der Waals surface area contributed by atoms with Gasteiger partial charge >= 0.3 is 0 Å². The number of hydrazone groups is 1. The normalized spacial score (nSPS) is 21.6. The van der Waals surface area contributed by atoms with Gasteiger partial charge in [0, 0.05) is 0 Å². The number of nitrogens with zero attached hydrogens (tertiary/aromatic N) is 1. The highest BCUT2D eigenvalue weighted by Gasteiger charge is 2.30. The van der Waals surface area contributed by atoms with Crippen LogP contribution < -0.4 is 15.9 Å². The molecule has 1 aromatic carbocycles. The molecule has 17 heavy (non-hydrogen) atoms. The molecular weight excluding hydrogens is 238 g/mol. The first kappa shape index (κ1) is 11.8. The molecule has 0 saturated carbocycles. The molecule has 1 atom stereocenters. The van der Waals surface area contributed by atoms with E-state index in [9.17, 15) is 4.79 Å². The first-order valence-electron chi connectivity index (χ1n) is 5.11. The Balaban J connectivity index is 2.03. The van der Waals surface area contributed by atoms with Crippen LogP contribution in [0.1, 0.15) is 5.56 Å². The molecule has 0 radical (unpaired) electrons. The third kappa shape index (κ3) is 2.71. The molecule has 1 aliphatic rings. The summed E-state index contributed by atoms with van der Waals surface area (Å²) in [6.07, 6.45) is 0.652. The van der Waals surface area contributed by atoms with Gasteiger partial charge in [-0.3, -0.25) is 4.79 Å². The SMILES string of the molecule is COc1ccc(C[C@H]2S/C(=N/N)NC2=O)cc1. The van der Waals surface area contributed by atoms with E-state index in [0.717, 1.165) is 11.3 Å². The lowest BCUT2D eigenvalue weighted by molar-refractivity contribution is -0.118. The van der Waals surface area contributed by atoms with Crippen LogP contribution in [0.15, 0.2) is 29.4 Å². The summed E-state index contributed by atoms with van der Waals surface area (Å²) in [4.78, 5) is 11.6. The van der Waals surface area contributed by atoms with E-state index in [2.05, 4.69) is 10.4 Å². The van der Waals surface area contributed by atoms with Crippen LogP contribution in [0.4, 0.5) is 0 Å². The zero-order valence-electron chi connectivity index (χ0n) is 9.34. The molecule has 6 heteroatoms. The number of methoxy groups -OCH3 is 1. The number of ether oxygens (including phenoxy) is 1. The van der Waals surface area contributed by atoms with Gasteiger partial charge in [-0.25, -0.2) is 0 Å². The Kier molecular flexibility index (Phi) is 3.53. The summed E-state index contributed by atoms with van der Waals surface area (Å²) < 4.78 is 5.07. The zero-order chi connectivity index (χ0) is 12.3. The maximum atomic E-state index is 11.6. The van der Waals surface area contributed by atoms with Crippen LogP contribution in [0, 0.1) is 0 Å². The smallest absolute Gasteiger partial charge is 0.239 e. The van der Waals surface area contributed by atoms with E-state index < -0.39 is 0 Å². The van der Waals surface area contributed by atoms with E-state index in [1.54, 1.807) is 7.11 Å². The number of hydrogen-bond donors (Lipinski definition) is 2. The highest BCUT2D eigenvalue weighted by atomic mass is 32.2. The summed E-state index contributed by atoms with van der Waals surface area (Å²) in [5.41, 5.74) is 1.08. The first-order chi connectivity index (χ1) is 8.22.